The summed E-state index contributed by atoms with van der Waals surface area (Å²) in [6.07, 6.45) is 5.16. The number of aliphatic imine (C=N–C) groups is 1. The Morgan fingerprint density at radius 2 is 1.87 bits per heavy atom. The van der Waals surface area contributed by atoms with Gasteiger partial charge in [0, 0.05) is 40.2 Å². The second-order valence-corrected chi connectivity index (χ2v) is 7.45. The molecule has 0 aliphatic carbocycles. The number of likely N-dealkylation sites (tertiary alicyclic amines) is 1. The number of guanidine groups is 1. The molecule has 1 aliphatic rings. The quantitative estimate of drug-likeness (QED) is 0.301. The third-order valence-electron chi connectivity index (χ3n) is 4.27. The first-order chi connectivity index (χ1) is 10.4. The van der Waals surface area contributed by atoms with E-state index in [0.29, 0.717) is 17.8 Å². The number of piperidine rings is 1. The number of rotatable bonds is 5. The Morgan fingerprint density at radius 1 is 1.26 bits per heavy atom. The Morgan fingerprint density at radius 3 is 2.35 bits per heavy atom. The molecule has 0 atom stereocenters. The van der Waals surface area contributed by atoms with Crippen molar-refractivity contribution in [1.82, 2.24) is 15.5 Å². The van der Waals surface area contributed by atoms with E-state index in [9.17, 15) is 4.79 Å². The van der Waals surface area contributed by atoms with Crippen LogP contribution in [0.3, 0.4) is 0 Å². The van der Waals surface area contributed by atoms with Gasteiger partial charge in [-0.25, -0.2) is 0 Å². The van der Waals surface area contributed by atoms with E-state index in [-0.39, 0.29) is 29.9 Å². The van der Waals surface area contributed by atoms with Gasteiger partial charge in [-0.1, -0.05) is 20.8 Å². The highest BCUT2D eigenvalue weighted by molar-refractivity contribution is 14.0. The van der Waals surface area contributed by atoms with Crippen molar-refractivity contribution >= 4 is 35.8 Å². The van der Waals surface area contributed by atoms with Gasteiger partial charge in [0.15, 0.2) is 5.96 Å². The minimum atomic E-state index is 0. The molecule has 23 heavy (non-hydrogen) atoms. The first-order valence-electron chi connectivity index (χ1n) is 8.52. The molecule has 5 nitrogen and oxygen atoms in total. The molecule has 0 aromatic rings. The third-order valence-corrected chi connectivity index (χ3v) is 4.27. The van der Waals surface area contributed by atoms with Crippen LogP contribution < -0.4 is 10.6 Å². The van der Waals surface area contributed by atoms with E-state index >= 15 is 0 Å². The monoisotopic (exact) mass is 438 g/mol. The SMILES string of the molecule is CN=C(NCCCC(C)(C)C)N1CCC(CC(=O)NC)CC1.I. The van der Waals surface area contributed by atoms with Crippen molar-refractivity contribution in [2.45, 2.75) is 52.9 Å². The number of nitrogens with zero attached hydrogens (tertiary/aromatic N) is 2. The Labute approximate surface area is 159 Å². The highest BCUT2D eigenvalue weighted by Crippen LogP contribution is 2.21. The molecule has 0 unspecified atom stereocenters. The molecule has 0 aromatic carbocycles. The van der Waals surface area contributed by atoms with Gasteiger partial charge >= 0.3 is 0 Å². The first-order valence-corrected chi connectivity index (χ1v) is 8.52. The molecule has 0 saturated carbocycles. The summed E-state index contributed by atoms with van der Waals surface area (Å²) < 4.78 is 0. The van der Waals surface area contributed by atoms with Crippen LogP contribution in [0.25, 0.3) is 0 Å². The van der Waals surface area contributed by atoms with E-state index in [0.717, 1.165) is 44.9 Å². The zero-order chi connectivity index (χ0) is 16.6. The van der Waals surface area contributed by atoms with Crippen LogP contribution in [0.15, 0.2) is 4.99 Å². The average Bonchev–Trinajstić information content (AvgIpc) is 2.47. The topological polar surface area (TPSA) is 56.7 Å². The van der Waals surface area contributed by atoms with Crippen LogP contribution in [-0.4, -0.2) is 50.5 Å². The van der Waals surface area contributed by atoms with E-state index in [1.165, 1.54) is 6.42 Å². The van der Waals surface area contributed by atoms with Crippen LogP contribution in [0.5, 0.6) is 0 Å². The van der Waals surface area contributed by atoms with Gasteiger partial charge in [0.2, 0.25) is 5.91 Å². The minimum absolute atomic E-state index is 0. The second kappa shape index (κ2) is 11.1. The molecule has 6 heteroatoms. The molecule has 1 aliphatic heterocycles. The van der Waals surface area contributed by atoms with Crippen molar-refractivity contribution in [2.24, 2.45) is 16.3 Å². The van der Waals surface area contributed by atoms with E-state index in [4.69, 9.17) is 0 Å². The Bertz CT molecular complexity index is 371. The van der Waals surface area contributed by atoms with Crippen molar-refractivity contribution in [1.29, 1.82) is 0 Å². The maximum atomic E-state index is 11.4. The molecule has 1 heterocycles. The van der Waals surface area contributed by atoms with Crippen molar-refractivity contribution in [3.63, 3.8) is 0 Å². The van der Waals surface area contributed by atoms with Gasteiger partial charge in [-0.05, 0) is 37.0 Å². The highest BCUT2D eigenvalue weighted by atomic mass is 127. The Balaban J connectivity index is 0.00000484. The van der Waals surface area contributed by atoms with E-state index < -0.39 is 0 Å². The van der Waals surface area contributed by atoms with Gasteiger partial charge in [0.05, 0.1) is 0 Å². The van der Waals surface area contributed by atoms with Gasteiger partial charge in [0.25, 0.3) is 0 Å². The molecule has 0 radical (unpaired) electrons. The van der Waals surface area contributed by atoms with Crippen molar-refractivity contribution < 1.29 is 4.79 Å². The maximum Gasteiger partial charge on any atom is 0.220 e. The standard InChI is InChI=1S/C17H34N4O.HI/c1-17(2,3)9-6-10-20-16(19-5)21-11-7-14(8-12-21)13-15(22)18-4;/h14H,6-13H2,1-5H3,(H,18,22)(H,19,20);1H. The molecule has 0 bridgehead atoms. The summed E-state index contributed by atoms with van der Waals surface area (Å²) in [5.74, 6) is 1.67. The number of hydrogen-bond donors (Lipinski definition) is 2. The largest absolute Gasteiger partial charge is 0.359 e. The molecular formula is C17H35IN4O. The van der Waals surface area contributed by atoms with Gasteiger partial charge < -0.3 is 15.5 Å². The lowest BCUT2D eigenvalue weighted by Gasteiger charge is -2.34. The van der Waals surface area contributed by atoms with Gasteiger partial charge in [-0.15, -0.1) is 24.0 Å². The summed E-state index contributed by atoms with van der Waals surface area (Å²) in [5.41, 5.74) is 0.392. The molecule has 2 N–H and O–H groups in total. The third kappa shape index (κ3) is 9.37. The summed E-state index contributed by atoms with van der Waals surface area (Å²) in [6.45, 7) is 9.78. The van der Waals surface area contributed by atoms with E-state index in [1.807, 2.05) is 7.05 Å². The molecular weight excluding hydrogens is 403 g/mol. The van der Waals surface area contributed by atoms with Gasteiger partial charge in [0.1, 0.15) is 0 Å². The summed E-state index contributed by atoms with van der Waals surface area (Å²) in [7, 11) is 3.56. The fourth-order valence-corrected chi connectivity index (χ4v) is 2.86. The molecule has 1 rings (SSSR count). The second-order valence-electron chi connectivity index (χ2n) is 7.45. The molecule has 136 valence electrons. The van der Waals surface area contributed by atoms with E-state index in [1.54, 1.807) is 7.05 Å². The molecule has 1 amide bonds. The summed E-state index contributed by atoms with van der Waals surface area (Å²) in [4.78, 5) is 18.2. The lowest BCUT2D eigenvalue weighted by Crippen LogP contribution is -2.46. The lowest BCUT2D eigenvalue weighted by molar-refractivity contribution is -0.121. The fraction of sp³-hybridized carbons (Fsp3) is 0.882. The van der Waals surface area contributed by atoms with Crippen molar-refractivity contribution in [3.05, 3.63) is 0 Å². The number of carbonyl (C=O) groups excluding carboxylic acids is 1. The predicted octanol–water partition coefficient (Wildman–Crippen LogP) is 2.85. The molecule has 0 aromatic heterocycles. The molecule has 0 spiro atoms. The summed E-state index contributed by atoms with van der Waals surface area (Å²) in [6, 6.07) is 0. The molecule has 1 saturated heterocycles. The number of hydrogen-bond acceptors (Lipinski definition) is 2. The normalized spacial score (nSPS) is 16.7. The first kappa shape index (κ1) is 22.5. The molecule has 1 fully saturated rings. The fourth-order valence-electron chi connectivity index (χ4n) is 2.86. The number of amides is 1. The lowest BCUT2D eigenvalue weighted by atomic mass is 9.91. The minimum Gasteiger partial charge on any atom is -0.359 e. The number of halogens is 1. The predicted molar refractivity (Wildman–Crippen MR) is 108 cm³/mol. The van der Waals surface area contributed by atoms with Crippen LogP contribution in [0.2, 0.25) is 0 Å². The van der Waals surface area contributed by atoms with Gasteiger partial charge in [-0.3, -0.25) is 9.79 Å². The van der Waals surface area contributed by atoms with Crippen LogP contribution in [0, 0.1) is 11.3 Å². The number of nitrogens with one attached hydrogen (secondary N) is 2. The smallest absolute Gasteiger partial charge is 0.220 e. The zero-order valence-electron chi connectivity index (χ0n) is 15.4. The van der Waals surface area contributed by atoms with Gasteiger partial charge in [-0.2, -0.15) is 0 Å². The van der Waals surface area contributed by atoms with E-state index in [2.05, 4.69) is 41.3 Å². The van der Waals surface area contributed by atoms with Crippen LogP contribution in [-0.2, 0) is 4.79 Å². The Kier molecular flexibility index (Phi) is 10.8. The Hall–Kier alpha value is -0.530. The average molecular weight is 438 g/mol. The van der Waals surface area contributed by atoms with Crippen LogP contribution in [0.1, 0.15) is 52.9 Å². The highest BCUT2D eigenvalue weighted by Gasteiger charge is 2.23. The van der Waals surface area contributed by atoms with Crippen LogP contribution in [0.4, 0.5) is 0 Å². The summed E-state index contributed by atoms with van der Waals surface area (Å²) >= 11 is 0. The maximum absolute atomic E-state index is 11.4. The zero-order valence-corrected chi connectivity index (χ0v) is 17.8. The summed E-state index contributed by atoms with van der Waals surface area (Å²) in [5, 5.41) is 6.19. The van der Waals surface area contributed by atoms with Crippen LogP contribution >= 0.6 is 24.0 Å². The number of carbonyl (C=O) groups is 1. The van der Waals surface area contributed by atoms with Crippen molar-refractivity contribution in [3.8, 4) is 0 Å². The van der Waals surface area contributed by atoms with Crippen molar-refractivity contribution in [2.75, 3.05) is 33.7 Å².